The number of aliphatic hydroxyl groups is 1. The zero-order valence-corrected chi connectivity index (χ0v) is 20.5. The second-order valence-electron chi connectivity index (χ2n) is 12.3. The summed E-state index contributed by atoms with van der Waals surface area (Å²) in [6.07, 6.45) is 13.3. The molecule has 3 saturated carbocycles. The molecule has 5 rings (SSSR count). The fraction of sp³-hybridized carbons (Fsp3) is 0.857. The second kappa shape index (κ2) is 7.90. The van der Waals surface area contributed by atoms with Gasteiger partial charge < -0.3 is 14.6 Å². The average molecular weight is 429 g/mol. The van der Waals surface area contributed by atoms with Crippen molar-refractivity contribution in [2.75, 3.05) is 13.7 Å². The van der Waals surface area contributed by atoms with E-state index in [0.29, 0.717) is 28.8 Å². The summed E-state index contributed by atoms with van der Waals surface area (Å²) in [5.74, 6) is 4.90. The van der Waals surface area contributed by atoms with Crippen molar-refractivity contribution in [3.8, 4) is 0 Å². The van der Waals surface area contributed by atoms with Crippen LogP contribution in [0.1, 0.15) is 85.5 Å². The zero-order chi connectivity index (χ0) is 22.0. The predicted octanol–water partition coefficient (Wildman–Crippen LogP) is 6.27. The van der Waals surface area contributed by atoms with Crippen molar-refractivity contribution >= 4 is 0 Å². The number of ether oxygens (including phenoxy) is 2. The van der Waals surface area contributed by atoms with Gasteiger partial charge in [-0.3, -0.25) is 0 Å². The van der Waals surface area contributed by atoms with Gasteiger partial charge >= 0.3 is 0 Å². The fourth-order valence-corrected chi connectivity index (χ4v) is 8.97. The Morgan fingerprint density at radius 2 is 2.03 bits per heavy atom. The van der Waals surface area contributed by atoms with E-state index in [0.717, 1.165) is 50.0 Å². The highest BCUT2D eigenvalue weighted by molar-refractivity contribution is 5.30. The molecule has 1 heterocycles. The Bertz CT molecular complexity index is 768. The zero-order valence-electron chi connectivity index (χ0n) is 20.5. The van der Waals surface area contributed by atoms with E-state index in [1.807, 2.05) is 0 Å². The second-order valence-corrected chi connectivity index (χ2v) is 12.3. The fourth-order valence-electron chi connectivity index (χ4n) is 8.97. The molecule has 9 atom stereocenters. The van der Waals surface area contributed by atoms with Crippen LogP contribution in [0.4, 0.5) is 0 Å². The molecule has 174 valence electrons. The van der Waals surface area contributed by atoms with E-state index >= 15 is 0 Å². The molecule has 31 heavy (non-hydrogen) atoms. The molecule has 0 radical (unpaired) electrons. The maximum atomic E-state index is 10.3. The van der Waals surface area contributed by atoms with Crippen LogP contribution in [0.5, 0.6) is 0 Å². The first-order valence-electron chi connectivity index (χ1n) is 13.0. The van der Waals surface area contributed by atoms with E-state index in [2.05, 4.69) is 33.8 Å². The van der Waals surface area contributed by atoms with Gasteiger partial charge in [-0.25, -0.2) is 0 Å². The molecular formula is C28H44O3. The highest BCUT2D eigenvalue weighted by Gasteiger charge is 2.63. The van der Waals surface area contributed by atoms with Crippen molar-refractivity contribution in [3.05, 3.63) is 23.0 Å². The molecule has 0 aromatic heterocycles. The SMILES string of the molecule is COCC(C)CCC1=C(C)[C@H]2[C@H](C[C@H]3[C@@H]4CC=C5CC(O)CC[C@]5(C)[C@H]4CC[C@@]32C)O1. The van der Waals surface area contributed by atoms with Crippen molar-refractivity contribution < 1.29 is 14.6 Å². The van der Waals surface area contributed by atoms with Gasteiger partial charge in [-0.05, 0) is 98.4 Å². The Morgan fingerprint density at radius 3 is 2.81 bits per heavy atom. The molecule has 3 fully saturated rings. The number of hydrogen-bond donors (Lipinski definition) is 1. The van der Waals surface area contributed by atoms with Gasteiger partial charge in [0.2, 0.25) is 0 Å². The molecule has 1 N–H and O–H groups in total. The molecule has 0 bridgehead atoms. The maximum absolute atomic E-state index is 10.3. The molecule has 4 aliphatic carbocycles. The molecule has 0 aromatic rings. The Kier molecular flexibility index (Phi) is 5.61. The highest BCUT2D eigenvalue weighted by Crippen LogP contribution is 2.68. The molecule has 0 aromatic carbocycles. The summed E-state index contributed by atoms with van der Waals surface area (Å²) < 4.78 is 12.0. The van der Waals surface area contributed by atoms with Crippen LogP contribution in [0.15, 0.2) is 23.0 Å². The van der Waals surface area contributed by atoms with Crippen molar-refractivity contribution in [2.24, 2.45) is 40.4 Å². The van der Waals surface area contributed by atoms with E-state index < -0.39 is 0 Å². The molecule has 0 amide bonds. The quantitative estimate of drug-likeness (QED) is 0.524. The molecule has 3 nitrogen and oxygen atoms in total. The van der Waals surface area contributed by atoms with Gasteiger partial charge in [0.15, 0.2) is 0 Å². The number of hydrogen-bond acceptors (Lipinski definition) is 3. The molecule has 0 spiro atoms. The summed E-state index contributed by atoms with van der Waals surface area (Å²) >= 11 is 0. The summed E-state index contributed by atoms with van der Waals surface area (Å²) in [5.41, 5.74) is 3.87. The van der Waals surface area contributed by atoms with Crippen molar-refractivity contribution in [3.63, 3.8) is 0 Å². The van der Waals surface area contributed by atoms with Crippen molar-refractivity contribution in [2.45, 2.75) is 97.7 Å². The summed E-state index contributed by atoms with van der Waals surface area (Å²) in [4.78, 5) is 0. The van der Waals surface area contributed by atoms with Gasteiger partial charge in [0.25, 0.3) is 0 Å². The first-order valence-corrected chi connectivity index (χ1v) is 13.0. The van der Waals surface area contributed by atoms with Crippen LogP contribution in [-0.2, 0) is 9.47 Å². The third-order valence-corrected chi connectivity index (χ3v) is 10.6. The number of fused-ring (bicyclic) bond motifs is 7. The first-order chi connectivity index (χ1) is 14.8. The molecule has 0 saturated heterocycles. The van der Waals surface area contributed by atoms with Crippen LogP contribution in [0.3, 0.4) is 0 Å². The van der Waals surface area contributed by atoms with Gasteiger partial charge in [0.05, 0.1) is 11.9 Å². The van der Waals surface area contributed by atoms with E-state index in [-0.39, 0.29) is 6.10 Å². The third-order valence-electron chi connectivity index (χ3n) is 10.6. The van der Waals surface area contributed by atoms with Gasteiger partial charge in [-0.1, -0.05) is 32.4 Å². The van der Waals surface area contributed by atoms with E-state index in [9.17, 15) is 5.11 Å². The largest absolute Gasteiger partial charge is 0.494 e. The number of aliphatic hydroxyl groups excluding tert-OH is 1. The third kappa shape index (κ3) is 3.36. The predicted molar refractivity (Wildman–Crippen MR) is 124 cm³/mol. The summed E-state index contributed by atoms with van der Waals surface area (Å²) in [6.45, 7) is 10.6. The molecular weight excluding hydrogens is 384 g/mol. The minimum atomic E-state index is -0.109. The smallest absolute Gasteiger partial charge is 0.106 e. The Morgan fingerprint density at radius 1 is 1.23 bits per heavy atom. The summed E-state index contributed by atoms with van der Waals surface area (Å²) in [5, 5.41) is 10.3. The molecule has 1 aliphatic heterocycles. The van der Waals surface area contributed by atoms with Gasteiger partial charge in [-0.15, -0.1) is 0 Å². The lowest BCUT2D eigenvalue weighted by molar-refractivity contribution is -0.0454. The minimum Gasteiger partial charge on any atom is -0.494 e. The Labute approximate surface area is 189 Å². The van der Waals surface area contributed by atoms with Gasteiger partial charge in [0.1, 0.15) is 6.10 Å². The Balaban J connectivity index is 1.35. The average Bonchev–Trinajstić information content (AvgIpc) is 3.20. The molecule has 5 aliphatic rings. The molecule has 3 heteroatoms. The first kappa shape index (κ1) is 22.0. The topological polar surface area (TPSA) is 38.7 Å². The number of methoxy groups -OCH3 is 1. The van der Waals surface area contributed by atoms with E-state index in [1.54, 1.807) is 18.3 Å². The summed E-state index contributed by atoms with van der Waals surface area (Å²) in [7, 11) is 1.80. The number of allylic oxidation sites excluding steroid dienone is 2. The molecule has 2 unspecified atom stereocenters. The van der Waals surface area contributed by atoms with Crippen LogP contribution in [0, 0.1) is 40.4 Å². The van der Waals surface area contributed by atoms with Crippen molar-refractivity contribution in [1.29, 1.82) is 0 Å². The van der Waals surface area contributed by atoms with Crippen LogP contribution < -0.4 is 0 Å². The monoisotopic (exact) mass is 428 g/mol. The van der Waals surface area contributed by atoms with E-state index in [4.69, 9.17) is 9.47 Å². The highest BCUT2D eigenvalue weighted by atomic mass is 16.5. The van der Waals surface area contributed by atoms with Crippen molar-refractivity contribution in [1.82, 2.24) is 0 Å². The lowest BCUT2D eigenvalue weighted by atomic mass is 9.47. The summed E-state index contributed by atoms with van der Waals surface area (Å²) in [6, 6.07) is 0. The normalized spacial score (nSPS) is 47.1. The van der Waals surface area contributed by atoms with Crippen LogP contribution in [0.2, 0.25) is 0 Å². The van der Waals surface area contributed by atoms with Gasteiger partial charge in [0, 0.05) is 26.1 Å². The lowest BCUT2D eigenvalue weighted by Gasteiger charge is -2.57. The maximum Gasteiger partial charge on any atom is 0.106 e. The standard InChI is InChI=1S/C28H44O3/c1-17(16-30-5)6-9-24-18(2)26-25(31-24)15-23-21-8-7-19-14-20(29)10-12-27(19,3)22(21)11-13-28(23,26)4/h7,17,20-23,25-26,29H,6,8-16H2,1-5H3/t17?,20?,21-,22+,23+,25+,26+,27+,28+/m1/s1. The van der Waals surface area contributed by atoms with Crippen LogP contribution >= 0.6 is 0 Å². The number of rotatable bonds is 5. The van der Waals surface area contributed by atoms with Crippen LogP contribution in [-0.4, -0.2) is 31.0 Å². The van der Waals surface area contributed by atoms with E-state index in [1.165, 1.54) is 37.9 Å². The van der Waals surface area contributed by atoms with Gasteiger partial charge in [-0.2, -0.15) is 0 Å². The van der Waals surface area contributed by atoms with Crippen LogP contribution in [0.25, 0.3) is 0 Å². The Hall–Kier alpha value is -0.800. The minimum absolute atomic E-state index is 0.109. The lowest BCUT2D eigenvalue weighted by Crippen LogP contribution is -2.50.